The molecule has 0 fully saturated rings. The first-order chi connectivity index (χ1) is 12.9. The summed E-state index contributed by atoms with van der Waals surface area (Å²) in [7, 11) is 0. The summed E-state index contributed by atoms with van der Waals surface area (Å²) in [5.41, 5.74) is 3.02. The monoisotopic (exact) mass is 387 g/mol. The third kappa shape index (κ3) is 5.09. The highest BCUT2D eigenvalue weighted by Crippen LogP contribution is 1.86. The van der Waals surface area contributed by atoms with Gasteiger partial charge >= 0.3 is 17.1 Å². The second-order valence-electron chi connectivity index (χ2n) is 5.41. The largest absolute Gasteiger partial charge is 0.336 e. The number of rotatable bonds is 12. The molecular weight excluding hydrogens is 366 g/mol. The van der Waals surface area contributed by atoms with E-state index in [1.165, 1.54) is 0 Å². The van der Waals surface area contributed by atoms with E-state index < -0.39 is 54.8 Å². The van der Waals surface area contributed by atoms with Crippen molar-refractivity contribution in [2.24, 2.45) is 17.5 Å². The maximum atomic E-state index is 12.6. The molecule has 1 aromatic rings. The lowest BCUT2D eigenvalue weighted by molar-refractivity contribution is -0.110. The van der Waals surface area contributed by atoms with Crippen LogP contribution < -0.4 is 50.9 Å². The molecule has 0 amide bonds. The first-order valence-electron chi connectivity index (χ1n) is 7.57. The van der Waals surface area contributed by atoms with Crippen LogP contribution in [-0.2, 0) is 34.0 Å². The fourth-order valence-electron chi connectivity index (χ4n) is 2.15. The summed E-state index contributed by atoms with van der Waals surface area (Å²) in [5, 5.41) is 0. The Balaban J connectivity index is 3.66. The van der Waals surface area contributed by atoms with E-state index in [4.69, 9.17) is 17.5 Å². The number of nitrogens with two attached hydrogens (primary N) is 3. The molecule has 3 unspecified atom stereocenters. The van der Waals surface area contributed by atoms with Gasteiger partial charge in [0.05, 0.1) is 37.8 Å². The summed E-state index contributed by atoms with van der Waals surface area (Å²) >= 11 is 0. The molecule has 0 aliphatic rings. The average Bonchev–Trinajstić information content (AvgIpc) is 2.68. The van der Waals surface area contributed by atoms with E-state index in [1.54, 1.807) is 0 Å². The summed E-state index contributed by atoms with van der Waals surface area (Å²) in [4.78, 5) is 70.5. The number of carbonyl (C=O) groups excluding carboxylic acids is 3. The normalized spacial score (nSPS) is 14.3. The summed E-state index contributed by atoms with van der Waals surface area (Å²) < 4.78 is 1.70. The molecule has 1 rings (SSSR count). The standard InChI is InChI=1S/C12H21N9O6/c13-16-7(4-22)1-19-10(25)20(2-8(5-23)17-14)12(27)21(11(19)26)3-9(6-24)18-15/h4-9,16-18H,1-3,13-15H2. The second kappa shape index (κ2) is 10.4. The molecule has 1 aromatic heterocycles. The van der Waals surface area contributed by atoms with Gasteiger partial charge in [0.25, 0.3) is 0 Å². The molecule has 27 heavy (non-hydrogen) atoms. The molecule has 150 valence electrons. The molecule has 0 spiro atoms. The molecule has 0 saturated carbocycles. The fraction of sp³-hybridized carbons (Fsp3) is 0.500. The van der Waals surface area contributed by atoms with Crippen LogP contribution in [0.15, 0.2) is 14.4 Å². The van der Waals surface area contributed by atoms with Crippen molar-refractivity contribution in [2.45, 2.75) is 37.8 Å². The first kappa shape index (κ1) is 22.2. The minimum absolute atomic E-state index is 0.358. The predicted octanol–water partition coefficient (Wildman–Crippen LogP) is -6.74. The van der Waals surface area contributed by atoms with E-state index in [0.717, 1.165) is 0 Å². The van der Waals surface area contributed by atoms with Crippen molar-refractivity contribution in [3.63, 3.8) is 0 Å². The molecule has 1 heterocycles. The van der Waals surface area contributed by atoms with Crippen LogP contribution in [0.25, 0.3) is 0 Å². The van der Waals surface area contributed by atoms with Gasteiger partial charge in [0.15, 0.2) is 0 Å². The van der Waals surface area contributed by atoms with Gasteiger partial charge < -0.3 is 14.4 Å². The highest BCUT2D eigenvalue weighted by atomic mass is 16.2. The Morgan fingerprint density at radius 1 is 0.630 bits per heavy atom. The van der Waals surface area contributed by atoms with E-state index in [9.17, 15) is 28.8 Å². The van der Waals surface area contributed by atoms with Gasteiger partial charge in [0.2, 0.25) is 0 Å². The Bertz CT molecular complexity index is 703. The maximum Gasteiger partial charge on any atom is 0.336 e. The minimum Gasteiger partial charge on any atom is -0.302 e. The molecule has 0 bridgehead atoms. The molecule has 15 heteroatoms. The maximum absolute atomic E-state index is 12.6. The SMILES string of the molecule is NNC(C=O)Cn1c(=O)n(CC(C=O)NN)c(=O)n(CC(C=O)NN)c1=O. The van der Waals surface area contributed by atoms with Crippen molar-refractivity contribution in [3.05, 3.63) is 31.5 Å². The van der Waals surface area contributed by atoms with Gasteiger partial charge in [0.1, 0.15) is 18.9 Å². The number of hydrogen-bond acceptors (Lipinski definition) is 12. The first-order valence-corrected chi connectivity index (χ1v) is 7.57. The lowest BCUT2D eigenvalue weighted by Gasteiger charge is -2.18. The molecule has 0 aliphatic heterocycles. The Kier molecular flexibility index (Phi) is 8.52. The van der Waals surface area contributed by atoms with Crippen LogP contribution in [0.3, 0.4) is 0 Å². The molecule has 0 radical (unpaired) electrons. The molecular formula is C12H21N9O6. The van der Waals surface area contributed by atoms with Crippen molar-refractivity contribution in [3.8, 4) is 0 Å². The smallest absolute Gasteiger partial charge is 0.302 e. The van der Waals surface area contributed by atoms with Crippen LogP contribution >= 0.6 is 0 Å². The topological polar surface area (TPSA) is 231 Å². The Labute approximate surface area is 151 Å². The van der Waals surface area contributed by atoms with Gasteiger partial charge in [-0.15, -0.1) is 0 Å². The van der Waals surface area contributed by atoms with Crippen LogP contribution in [0, 0.1) is 0 Å². The molecule has 0 aromatic carbocycles. The number of aldehydes is 3. The van der Waals surface area contributed by atoms with Gasteiger partial charge in [-0.25, -0.2) is 44.4 Å². The van der Waals surface area contributed by atoms with Crippen molar-refractivity contribution in [1.29, 1.82) is 0 Å². The number of nitrogens with zero attached hydrogens (tertiary/aromatic N) is 3. The Hall–Kier alpha value is -2.82. The van der Waals surface area contributed by atoms with E-state index in [2.05, 4.69) is 16.3 Å². The van der Waals surface area contributed by atoms with Gasteiger partial charge in [-0.1, -0.05) is 0 Å². The highest BCUT2D eigenvalue weighted by Gasteiger charge is 2.21. The van der Waals surface area contributed by atoms with E-state index in [-0.39, 0.29) is 0 Å². The summed E-state index contributed by atoms with van der Waals surface area (Å²) in [6.45, 7) is -1.50. The molecule has 3 atom stereocenters. The molecule has 0 aliphatic carbocycles. The van der Waals surface area contributed by atoms with Gasteiger partial charge in [-0.05, 0) is 0 Å². The van der Waals surface area contributed by atoms with Crippen molar-refractivity contribution in [1.82, 2.24) is 30.0 Å². The van der Waals surface area contributed by atoms with E-state index in [0.29, 0.717) is 32.6 Å². The van der Waals surface area contributed by atoms with Crippen molar-refractivity contribution < 1.29 is 14.4 Å². The van der Waals surface area contributed by atoms with Crippen molar-refractivity contribution >= 4 is 18.9 Å². The quantitative estimate of drug-likeness (QED) is 0.112. The fourth-order valence-corrected chi connectivity index (χ4v) is 2.15. The Morgan fingerprint density at radius 2 is 0.852 bits per heavy atom. The van der Waals surface area contributed by atoms with Gasteiger partial charge in [0, 0.05) is 0 Å². The zero-order chi connectivity index (χ0) is 20.6. The third-order valence-electron chi connectivity index (χ3n) is 3.66. The van der Waals surface area contributed by atoms with Gasteiger partial charge in [-0.3, -0.25) is 17.5 Å². The second-order valence-corrected chi connectivity index (χ2v) is 5.41. The van der Waals surface area contributed by atoms with E-state index >= 15 is 0 Å². The highest BCUT2D eigenvalue weighted by molar-refractivity contribution is 5.57. The average molecular weight is 387 g/mol. The zero-order valence-corrected chi connectivity index (χ0v) is 14.1. The Morgan fingerprint density at radius 3 is 1.00 bits per heavy atom. The summed E-state index contributed by atoms with van der Waals surface area (Å²) in [6, 6.07) is -3.34. The lowest BCUT2D eigenvalue weighted by Crippen LogP contribution is -2.60. The molecule has 15 nitrogen and oxygen atoms in total. The van der Waals surface area contributed by atoms with Gasteiger partial charge in [-0.2, -0.15) is 0 Å². The zero-order valence-electron chi connectivity index (χ0n) is 14.1. The van der Waals surface area contributed by atoms with Crippen LogP contribution in [0.5, 0.6) is 0 Å². The number of carbonyl (C=O) groups is 3. The lowest BCUT2D eigenvalue weighted by atomic mass is 10.3. The number of aromatic nitrogens is 3. The van der Waals surface area contributed by atoms with Crippen LogP contribution in [0.4, 0.5) is 0 Å². The van der Waals surface area contributed by atoms with Crippen molar-refractivity contribution in [2.75, 3.05) is 0 Å². The number of hydrogen-bond donors (Lipinski definition) is 6. The van der Waals surface area contributed by atoms with E-state index in [1.807, 2.05) is 0 Å². The molecule has 0 saturated heterocycles. The predicted molar refractivity (Wildman–Crippen MR) is 90.7 cm³/mol. The third-order valence-corrected chi connectivity index (χ3v) is 3.66. The van der Waals surface area contributed by atoms with Crippen LogP contribution in [-0.4, -0.2) is 50.7 Å². The number of hydrazine groups is 3. The summed E-state index contributed by atoms with van der Waals surface area (Å²) in [5.74, 6) is 15.5. The van der Waals surface area contributed by atoms with Crippen LogP contribution in [0.2, 0.25) is 0 Å². The number of nitrogens with one attached hydrogen (secondary N) is 3. The van der Waals surface area contributed by atoms with Crippen LogP contribution in [0.1, 0.15) is 0 Å². The minimum atomic E-state index is -1.11. The molecule has 9 N–H and O–H groups in total. The summed E-state index contributed by atoms with van der Waals surface area (Å²) in [6.07, 6.45) is 1.07.